The monoisotopic (exact) mass is 323 g/mol. The van der Waals surface area contributed by atoms with Gasteiger partial charge in [-0.3, -0.25) is 0 Å². The summed E-state index contributed by atoms with van der Waals surface area (Å²) in [5.41, 5.74) is 5.11. The molecule has 0 fully saturated rings. The minimum Gasteiger partial charge on any atom is -0.396 e. The number of nitrogens with one attached hydrogen (secondary N) is 1. The van der Waals surface area contributed by atoms with Gasteiger partial charge in [-0.1, -0.05) is 11.6 Å². The summed E-state index contributed by atoms with van der Waals surface area (Å²) in [6, 6.07) is 2.22. The van der Waals surface area contributed by atoms with Gasteiger partial charge in [-0.15, -0.1) is 0 Å². The highest BCUT2D eigenvalue weighted by molar-refractivity contribution is 7.89. The van der Waals surface area contributed by atoms with Gasteiger partial charge in [-0.25, -0.2) is 17.5 Å². The van der Waals surface area contributed by atoms with Crippen molar-refractivity contribution in [1.29, 1.82) is 0 Å². The van der Waals surface area contributed by atoms with E-state index in [1.54, 1.807) is 0 Å². The lowest BCUT2D eigenvalue weighted by molar-refractivity contribution is 0.278. The predicted octanol–water partition coefficient (Wildman–Crippen LogP) is 1.68. The molecule has 0 saturated carbocycles. The smallest absolute Gasteiger partial charge is 0.242 e. The lowest BCUT2D eigenvalue weighted by Gasteiger charge is -2.21. The molecular weight excluding hydrogens is 305 g/mol. The largest absolute Gasteiger partial charge is 0.396 e. The molecule has 1 aromatic carbocycles. The van der Waals surface area contributed by atoms with Crippen LogP contribution in [-0.4, -0.2) is 39.5 Å². The van der Waals surface area contributed by atoms with Gasteiger partial charge in [0.15, 0.2) is 0 Å². The number of benzene rings is 1. The summed E-state index contributed by atoms with van der Waals surface area (Å²) in [4.78, 5) is 1.77. The highest BCUT2D eigenvalue weighted by atomic mass is 35.5. The van der Waals surface area contributed by atoms with E-state index in [4.69, 9.17) is 17.3 Å². The van der Waals surface area contributed by atoms with Crippen LogP contribution < -0.4 is 10.5 Å². The average Bonchev–Trinajstić information content (AvgIpc) is 2.33. The first-order valence-corrected chi connectivity index (χ1v) is 7.95. The maximum absolute atomic E-state index is 13.2. The molecule has 1 rings (SSSR count). The summed E-state index contributed by atoms with van der Waals surface area (Å²) in [7, 11) is -1.92. The van der Waals surface area contributed by atoms with Crippen LogP contribution in [-0.2, 0) is 10.0 Å². The number of hydrogen-bond donors (Lipinski definition) is 2. The number of nitrogens with zero attached hydrogens (tertiary/aromatic N) is 1. The minimum atomic E-state index is -3.81. The van der Waals surface area contributed by atoms with Gasteiger partial charge in [0.25, 0.3) is 0 Å². The molecular formula is C12H19ClFN3O2S. The maximum Gasteiger partial charge on any atom is 0.242 e. The van der Waals surface area contributed by atoms with Crippen LogP contribution in [0.25, 0.3) is 0 Å². The lowest BCUT2D eigenvalue weighted by Crippen LogP contribution is -2.36. The Morgan fingerprint density at radius 3 is 2.60 bits per heavy atom. The molecule has 0 heterocycles. The molecule has 0 radical (unpaired) electrons. The molecule has 0 aliphatic heterocycles. The van der Waals surface area contributed by atoms with Crippen molar-refractivity contribution < 1.29 is 12.8 Å². The molecule has 0 atom stereocenters. The second-order valence-corrected chi connectivity index (χ2v) is 6.92. The first-order chi connectivity index (χ1) is 9.15. The van der Waals surface area contributed by atoms with E-state index in [1.165, 1.54) is 0 Å². The van der Waals surface area contributed by atoms with E-state index >= 15 is 0 Å². The van der Waals surface area contributed by atoms with E-state index in [1.807, 2.05) is 25.8 Å². The highest BCUT2D eigenvalue weighted by Gasteiger charge is 2.20. The first kappa shape index (κ1) is 17.2. The second-order valence-electron chi connectivity index (χ2n) is 4.78. The minimum absolute atomic E-state index is 0.193. The van der Waals surface area contributed by atoms with Crippen molar-refractivity contribution in [2.24, 2.45) is 0 Å². The summed E-state index contributed by atoms with van der Waals surface area (Å²) in [5.74, 6) is -0.742. The van der Waals surface area contributed by atoms with Crippen molar-refractivity contribution in [1.82, 2.24) is 9.62 Å². The van der Waals surface area contributed by atoms with Crippen molar-refractivity contribution in [3.05, 3.63) is 23.0 Å². The topological polar surface area (TPSA) is 75.4 Å². The van der Waals surface area contributed by atoms with E-state index in [-0.39, 0.29) is 22.2 Å². The molecule has 3 N–H and O–H groups in total. The van der Waals surface area contributed by atoms with E-state index < -0.39 is 15.8 Å². The number of likely N-dealkylation sites (N-methyl/N-ethyl adjacent to an activating group) is 1. The average molecular weight is 324 g/mol. The van der Waals surface area contributed by atoms with Crippen molar-refractivity contribution >= 4 is 27.3 Å². The fourth-order valence-corrected chi connectivity index (χ4v) is 3.01. The van der Waals surface area contributed by atoms with Crippen molar-refractivity contribution in [2.45, 2.75) is 24.8 Å². The Balaban J connectivity index is 2.82. The molecule has 5 nitrogen and oxygen atoms in total. The Morgan fingerprint density at radius 1 is 1.45 bits per heavy atom. The number of hydrogen-bond acceptors (Lipinski definition) is 4. The van der Waals surface area contributed by atoms with Crippen LogP contribution in [0, 0.1) is 5.82 Å². The maximum atomic E-state index is 13.2. The zero-order chi connectivity index (χ0) is 15.5. The van der Waals surface area contributed by atoms with Crippen molar-refractivity contribution in [3.63, 3.8) is 0 Å². The van der Waals surface area contributed by atoms with Crippen LogP contribution in [0.15, 0.2) is 17.0 Å². The van der Waals surface area contributed by atoms with Crippen LogP contribution in [0.4, 0.5) is 10.1 Å². The number of halogens is 2. The molecule has 0 aromatic heterocycles. The molecule has 0 aliphatic rings. The molecule has 1 aromatic rings. The summed E-state index contributed by atoms with van der Waals surface area (Å²) in [5, 5.41) is -0.193. The molecule has 0 aliphatic carbocycles. The Morgan fingerprint density at radius 2 is 2.05 bits per heavy atom. The third-order valence-corrected chi connectivity index (χ3v) is 4.90. The zero-order valence-corrected chi connectivity index (χ0v) is 13.2. The van der Waals surface area contributed by atoms with Crippen LogP contribution in [0.3, 0.4) is 0 Å². The molecule has 8 heteroatoms. The fourth-order valence-electron chi connectivity index (χ4n) is 1.44. The van der Waals surface area contributed by atoms with Gasteiger partial charge < -0.3 is 10.6 Å². The normalized spacial score (nSPS) is 12.3. The molecule has 0 saturated heterocycles. The van der Waals surface area contributed by atoms with Crippen LogP contribution >= 0.6 is 11.6 Å². The van der Waals surface area contributed by atoms with Crippen molar-refractivity contribution in [3.8, 4) is 0 Å². The van der Waals surface area contributed by atoms with Gasteiger partial charge in [0.2, 0.25) is 10.0 Å². The van der Waals surface area contributed by atoms with Gasteiger partial charge in [0.05, 0.1) is 10.7 Å². The van der Waals surface area contributed by atoms with Gasteiger partial charge in [0.1, 0.15) is 10.7 Å². The Hall–Kier alpha value is -0.890. The van der Waals surface area contributed by atoms with E-state index in [0.29, 0.717) is 12.6 Å². The van der Waals surface area contributed by atoms with E-state index in [9.17, 15) is 12.8 Å². The number of sulfonamides is 1. The second kappa shape index (κ2) is 6.71. The van der Waals surface area contributed by atoms with Crippen LogP contribution in [0.5, 0.6) is 0 Å². The van der Waals surface area contributed by atoms with Gasteiger partial charge in [-0.05, 0) is 33.0 Å². The molecule has 0 spiro atoms. The van der Waals surface area contributed by atoms with Crippen LogP contribution in [0.1, 0.15) is 13.8 Å². The Labute approximate surface area is 124 Å². The highest BCUT2D eigenvalue weighted by Crippen LogP contribution is 2.26. The van der Waals surface area contributed by atoms with Crippen molar-refractivity contribution in [2.75, 3.05) is 25.9 Å². The summed E-state index contributed by atoms with van der Waals surface area (Å²) in [6.45, 7) is 4.79. The number of nitrogen functional groups attached to an aromatic ring is 1. The Bertz CT molecular complexity index is 578. The number of nitrogens with two attached hydrogens (primary N) is 1. The predicted molar refractivity (Wildman–Crippen MR) is 78.8 cm³/mol. The number of rotatable bonds is 6. The van der Waals surface area contributed by atoms with Gasteiger partial charge >= 0.3 is 0 Å². The lowest BCUT2D eigenvalue weighted by atomic mass is 10.3. The third kappa shape index (κ3) is 4.31. The van der Waals surface area contributed by atoms with E-state index in [2.05, 4.69) is 4.72 Å². The van der Waals surface area contributed by atoms with Gasteiger partial charge in [0, 0.05) is 19.1 Å². The summed E-state index contributed by atoms with van der Waals surface area (Å²) < 4.78 is 39.7. The summed E-state index contributed by atoms with van der Waals surface area (Å²) >= 11 is 5.75. The molecule has 0 unspecified atom stereocenters. The first-order valence-electron chi connectivity index (χ1n) is 6.09. The summed E-state index contributed by atoms with van der Waals surface area (Å²) in [6.07, 6.45) is 0. The van der Waals surface area contributed by atoms with E-state index in [0.717, 1.165) is 12.1 Å². The molecule has 0 bridgehead atoms. The molecule has 20 heavy (non-hydrogen) atoms. The quantitative estimate of drug-likeness (QED) is 0.781. The SMILES string of the molecule is CC(C)N(C)CCNS(=O)(=O)c1cc(N)c(F)cc1Cl. The van der Waals surface area contributed by atoms with Gasteiger partial charge in [-0.2, -0.15) is 0 Å². The third-order valence-electron chi connectivity index (χ3n) is 2.98. The Kier molecular flexibility index (Phi) is 5.76. The number of anilines is 1. The van der Waals surface area contributed by atoms with Crippen LogP contribution in [0.2, 0.25) is 5.02 Å². The standard InChI is InChI=1S/C12H19ClFN3O2S/c1-8(2)17(3)5-4-16-20(18,19)12-7-11(15)10(14)6-9(12)13/h6-8,16H,4-5,15H2,1-3H3. The molecule has 0 amide bonds. The fraction of sp³-hybridized carbons (Fsp3) is 0.500. The molecule has 114 valence electrons. The zero-order valence-electron chi connectivity index (χ0n) is 11.7.